The number of nitrogens with one attached hydrogen (secondary N) is 1. The van der Waals surface area contributed by atoms with E-state index in [1.807, 2.05) is 20.8 Å². The number of ketones is 1. The van der Waals surface area contributed by atoms with Gasteiger partial charge in [-0.3, -0.25) is 9.59 Å². The van der Waals surface area contributed by atoms with Gasteiger partial charge in [0.25, 0.3) is 0 Å². The van der Waals surface area contributed by atoms with E-state index in [1.54, 1.807) is 0 Å². The number of Topliss-reactive ketones (excluding diaryl/α,β-unsaturated/α-hetero) is 1. The van der Waals surface area contributed by atoms with Crippen molar-refractivity contribution in [2.24, 2.45) is 10.8 Å². The molecular weight excluding hydrogens is 238 g/mol. The topological polar surface area (TPSA) is 46.2 Å². The second-order valence-corrected chi connectivity index (χ2v) is 7.57. The quantitative estimate of drug-likeness (QED) is 0.716. The average molecular weight is 269 g/mol. The SMILES string of the molecule is CC(C)(C)CCCCCC(=O)NCC(=O)C(C)(C)C. The number of rotatable bonds is 7. The maximum Gasteiger partial charge on any atom is 0.220 e. The zero-order chi connectivity index (χ0) is 15.1. The maximum absolute atomic E-state index is 11.6. The summed E-state index contributed by atoms with van der Waals surface area (Å²) in [7, 11) is 0. The average Bonchev–Trinajstić information content (AvgIpc) is 2.22. The first-order chi connectivity index (χ1) is 8.52. The van der Waals surface area contributed by atoms with Crippen LogP contribution < -0.4 is 5.32 Å². The molecule has 0 bridgehead atoms. The van der Waals surface area contributed by atoms with Crippen LogP contribution in [0.3, 0.4) is 0 Å². The number of amides is 1. The van der Waals surface area contributed by atoms with Crippen LogP contribution in [-0.4, -0.2) is 18.2 Å². The molecule has 1 N–H and O–H groups in total. The molecule has 0 heterocycles. The van der Waals surface area contributed by atoms with E-state index >= 15 is 0 Å². The largest absolute Gasteiger partial charge is 0.349 e. The molecule has 19 heavy (non-hydrogen) atoms. The van der Waals surface area contributed by atoms with Gasteiger partial charge in [0.2, 0.25) is 5.91 Å². The molecule has 0 atom stereocenters. The van der Waals surface area contributed by atoms with E-state index in [1.165, 1.54) is 6.42 Å². The first-order valence-corrected chi connectivity index (χ1v) is 7.32. The summed E-state index contributed by atoms with van der Waals surface area (Å²) in [5.74, 6) is 0.0712. The van der Waals surface area contributed by atoms with Gasteiger partial charge in [0, 0.05) is 11.8 Å². The number of carbonyl (C=O) groups excluding carboxylic acids is 2. The van der Waals surface area contributed by atoms with Crippen LogP contribution in [0.25, 0.3) is 0 Å². The molecule has 0 fully saturated rings. The van der Waals surface area contributed by atoms with Crippen LogP contribution in [0.5, 0.6) is 0 Å². The minimum absolute atomic E-state index is 0.00615. The van der Waals surface area contributed by atoms with E-state index in [2.05, 4.69) is 26.1 Å². The van der Waals surface area contributed by atoms with Crippen LogP contribution in [0, 0.1) is 10.8 Å². The van der Waals surface area contributed by atoms with Gasteiger partial charge in [0.05, 0.1) is 6.54 Å². The van der Waals surface area contributed by atoms with Crippen molar-refractivity contribution >= 4 is 11.7 Å². The summed E-state index contributed by atoms with van der Waals surface area (Å²) in [5, 5.41) is 2.71. The third-order valence-corrected chi connectivity index (χ3v) is 3.11. The molecule has 0 saturated heterocycles. The Balaban J connectivity index is 3.64. The smallest absolute Gasteiger partial charge is 0.220 e. The standard InChI is InChI=1S/C16H31NO2/c1-15(2,3)11-9-7-8-10-14(19)17-12-13(18)16(4,5)6/h7-12H2,1-6H3,(H,17,19). The van der Waals surface area contributed by atoms with Gasteiger partial charge in [-0.05, 0) is 18.3 Å². The molecule has 0 aliphatic rings. The molecule has 0 aromatic rings. The number of hydrogen-bond donors (Lipinski definition) is 1. The number of unbranched alkanes of at least 4 members (excludes halogenated alkanes) is 2. The highest BCUT2D eigenvalue weighted by molar-refractivity contribution is 5.89. The summed E-state index contributed by atoms with van der Waals surface area (Å²) >= 11 is 0. The van der Waals surface area contributed by atoms with Gasteiger partial charge in [0.15, 0.2) is 5.78 Å². The summed E-state index contributed by atoms with van der Waals surface area (Å²) in [4.78, 5) is 23.2. The van der Waals surface area contributed by atoms with Crippen molar-refractivity contribution in [3.8, 4) is 0 Å². The first kappa shape index (κ1) is 18.1. The van der Waals surface area contributed by atoms with Crippen LogP contribution in [0.2, 0.25) is 0 Å². The van der Waals surface area contributed by atoms with Crippen molar-refractivity contribution in [1.82, 2.24) is 5.32 Å². The third-order valence-electron chi connectivity index (χ3n) is 3.11. The van der Waals surface area contributed by atoms with Crippen LogP contribution >= 0.6 is 0 Å². The normalized spacial score (nSPS) is 12.3. The summed E-state index contributed by atoms with van der Waals surface area (Å²) in [6.07, 6.45) is 4.87. The van der Waals surface area contributed by atoms with Crippen molar-refractivity contribution in [2.75, 3.05) is 6.54 Å². The van der Waals surface area contributed by atoms with E-state index in [9.17, 15) is 9.59 Å². The van der Waals surface area contributed by atoms with E-state index < -0.39 is 0 Å². The van der Waals surface area contributed by atoms with Gasteiger partial charge >= 0.3 is 0 Å². The molecule has 1 amide bonds. The lowest BCUT2D eigenvalue weighted by molar-refractivity contribution is -0.129. The maximum atomic E-state index is 11.6. The van der Waals surface area contributed by atoms with Gasteiger partial charge in [-0.1, -0.05) is 54.4 Å². The molecule has 0 unspecified atom stereocenters. The van der Waals surface area contributed by atoms with Gasteiger partial charge in [0.1, 0.15) is 0 Å². The van der Waals surface area contributed by atoms with Gasteiger partial charge in [-0.2, -0.15) is 0 Å². The summed E-state index contributed by atoms with van der Waals surface area (Å²) < 4.78 is 0. The Morgan fingerprint density at radius 2 is 1.47 bits per heavy atom. The second kappa shape index (κ2) is 7.66. The summed E-state index contributed by atoms with van der Waals surface area (Å²) in [5.41, 5.74) is 0.00136. The molecule has 0 aromatic carbocycles. The zero-order valence-corrected chi connectivity index (χ0v) is 13.6. The molecule has 0 aromatic heterocycles. The Bertz CT molecular complexity index is 295. The summed E-state index contributed by atoms with van der Waals surface area (Å²) in [6, 6.07) is 0. The number of hydrogen-bond acceptors (Lipinski definition) is 2. The fraction of sp³-hybridized carbons (Fsp3) is 0.875. The van der Waals surface area contributed by atoms with E-state index in [0.29, 0.717) is 11.8 Å². The molecule has 0 radical (unpaired) electrons. The van der Waals surface area contributed by atoms with E-state index in [0.717, 1.165) is 19.3 Å². The molecule has 0 spiro atoms. The van der Waals surface area contributed by atoms with Crippen LogP contribution in [0.1, 0.15) is 73.6 Å². The van der Waals surface area contributed by atoms with Crippen molar-refractivity contribution < 1.29 is 9.59 Å². The molecule has 0 aliphatic carbocycles. The predicted molar refractivity (Wildman–Crippen MR) is 80.0 cm³/mol. The van der Waals surface area contributed by atoms with Crippen LogP contribution in [0.4, 0.5) is 0 Å². The lowest BCUT2D eigenvalue weighted by Crippen LogP contribution is -2.35. The first-order valence-electron chi connectivity index (χ1n) is 7.32. The Labute approximate surface area is 118 Å². The highest BCUT2D eigenvalue weighted by Gasteiger charge is 2.21. The lowest BCUT2D eigenvalue weighted by atomic mass is 9.89. The fourth-order valence-corrected chi connectivity index (χ4v) is 1.65. The summed E-state index contributed by atoms with van der Waals surface area (Å²) in [6.45, 7) is 12.5. The third kappa shape index (κ3) is 10.7. The van der Waals surface area contributed by atoms with Gasteiger partial charge in [-0.25, -0.2) is 0 Å². The molecule has 112 valence electrons. The van der Waals surface area contributed by atoms with Crippen molar-refractivity contribution in [3.05, 3.63) is 0 Å². The van der Waals surface area contributed by atoms with Gasteiger partial charge in [-0.15, -0.1) is 0 Å². The van der Waals surface area contributed by atoms with Crippen molar-refractivity contribution in [3.63, 3.8) is 0 Å². The zero-order valence-electron chi connectivity index (χ0n) is 13.6. The molecule has 3 nitrogen and oxygen atoms in total. The van der Waals surface area contributed by atoms with Crippen molar-refractivity contribution in [2.45, 2.75) is 73.6 Å². The molecular formula is C16H31NO2. The highest BCUT2D eigenvalue weighted by Crippen LogP contribution is 2.22. The molecule has 0 aliphatic heterocycles. The highest BCUT2D eigenvalue weighted by atomic mass is 16.2. The molecule has 0 rings (SSSR count). The van der Waals surface area contributed by atoms with Crippen LogP contribution in [0.15, 0.2) is 0 Å². The van der Waals surface area contributed by atoms with E-state index in [-0.39, 0.29) is 23.7 Å². The Morgan fingerprint density at radius 3 is 1.95 bits per heavy atom. The Kier molecular flexibility index (Phi) is 7.32. The number of carbonyl (C=O) groups is 2. The Morgan fingerprint density at radius 1 is 0.895 bits per heavy atom. The second-order valence-electron chi connectivity index (χ2n) is 7.57. The lowest BCUT2D eigenvalue weighted by Gasteiger charge is -2.17. The van der Waals surface area contributed by atoms with Gasteiger partial charge < -0.3 is 5.32 Å². The Hall–Kier alpha value is -0.860. The molecule has 3 heteroatoms. The van der Waals surface area contributed by atoms with E-state index in [4.69, 9.17) is 0 Å². The van der Waals surface area contributed by atoms with Crippen molar-refractivity contribution in [1.29, 1.82) is 0 Å². The minimum atomic E-state index is -0.375. The van der Waals surface area contributed by atoms with Crippen LogP contribution in [-0.2, 0) is 9.59 Å². The fourth-order valence-electron chi connectivity index (χ4n) is 1.65. The minimum Gasteiger partial charge on any atom is -0.349 e. The predicted octanol–water partition coefficient (Wildman–Crippen LogP) is 3.71. The molecule has 0 saturated carbocycles. The monoisotopic (exact) mass is 269 g/mol.